The molecule has 4 rings (SSSR count). The van der Waals surface area contributed by atoms with E-state index in [2.05, 4.69) is 10.2 Å². The normalized spacial score (nSPS) is 10.9. The molecule has 0 amide bonds. The van der Waals surface area contributed by atoms with E-state index in [1.807, 2.05) is 0 Å². The molecular formula is C22H13N2Na3O6S. The molecule has 0 saturated heterocycles. The zero-order chi connectivity index (χ0) is 22.2. The maximum absolute atomic E-state index is 13.2. The first-order valence-electron chi connectivity index (χ1n) is 8.94. The van der Waals surface area contributed by atoms with Gasteiger partial charge < -0.3 is 15.3 Å². The summed E-state index contributed by atoms with van der Waals surface area (Å²) >= 11 is 0. The molecule has 1 N–H and O–H groups in total. The molecule has 0 aliphatic heterocycles. The summed E-state index contributed by atoms with van der Waals surface area (Å²) in [5.41, 5.74) is 0.925. The van der Waals surface area contributed by atoms with Gasteiger partial charge in [0.05, 0.1) is 16.3 Å². The molecule has 0 saturated carbocycles. The van der Waals surface area contributed by atoms with Crippen molar-refractivity contribution in [3.63, 3.8) is 0 Å². The molecule has 0 spiro atoms. The van der Waals surface area contributed by atoms with Crippen LogP contribution in [0.5, 0.6) is 17.2 Å². The summed E-state index contributed by atoms with van der Waals surface area (Å²) in [6.45, 7) is 0. The molecule has 0 atom stereocenters. The summed E-state index contributed by atoms with van der Waals surface area (Å²) in [7, 11) is -4.46. The van der Waals surface area contributed by atoms with Crippen molar-refractivity contribution < 1.29 is 117 Å². The molecule has 0 aliphatic rings. The van der Waals surface area contributed by atoms with Gasteiger partial charge in [-0.3, -0.25) is 4.55 Å². The van der Waals surface area contributed by atoms with E-state index in [4.69, 9.17) is 0 Å². The minimum Gasteiger partial charge on any atom is -0.872 e. The Hall–Kier alpha value is -0.950. The van der Waals surface area contributed by atoms with Crippen LogP contribution in [0.15, 0.2) is 87.9 Å². The van der Waals surface area contributed by atoms with Crippen LogP contribution in [0.4, 0.5) is 11.4 Å². The van der Waals surface area contributed by atoms with Crippen molar-refractivity contribution in [1.82, 2.24) is 0 Å². The predicted molar refractivity (Wildman–Crippen MR) is 108 cm³/mol. The van der Waals surface area contributed by atoms with E-state index in [0.717, 1.165) is 6.07 Å². The molecule has 8 nitrogen and oxygen atoms in total. The van der Waals surface area contributed by atoms with Crippen LogP contribution in [-0.2, 0) is 10.1 Å². The molecule has 4 aromatic rings. The Labute approximate surface area is 262 Å². The van der Waals surface area contributed by atoms with Gasteiger partial charge in [-0.05, 0) is 46.8 Å². The zero-order valence-corrected chi connectivity index (χ0v) is 25.5. The summed E-state index contributed by atoms with van der Waals surface area (Å²) in [5, 5.41) is 44.6. The number of benzene rings is 4. The van der Waals surface area contributed by atoms with Crippen LogP contribution in [0, 0.1) is 0 Å². The number of nitrogens with zero attached hydrogens (tertiary/aromatic N) is 2. The molecule has 156 valence electrons. The monoisotopic (exact) mass is 502 g/mol. The molecule has 12 heteroatoms. The van der Waals surface area contributed by atoms with Gasteiger partial charge in [0, 0.05) is 5.39 Å². The minimum absolute atomic E-state index is 0. The molecule has 0 aromatic heterocycles. The second-order valence-electron chi connectivity index (χ2n) is 6.68. The van der Waals surface area contributed by atoms with E-state index in [1.54, 1.807) is 0 Å². The third-order valence-corrected chi connectivity index (χ3v) is 5.45. The first-order chi connectivity index (χ1) is 14.7. The number of fused-ring (bicyclic) bond motifs is 1. The standard InChI is InChI=1S/C22H16N2O6S.3Na/c25-16-5-1-13(2-6-16)20-12-14-11-18(31(28,29)30)9-10-19(14)21(22(20)27)24-23-15-3-7-17(26)8-4-15;;;/h1-12,25-27H,(H,28,29,30);;;/q;3*+1/p-3. The molecule has 0 radical (unpaired) electrons. The third-order valence-electron chi connectivity index (χ3n) is 4.60. The molecule has 0 unspecified atom stereocenters. The summed E-state index contributed by atoms with van der Waals surface area (Å²) in [6, 6.07) is 16.3. The van der Waals surface area contributed by atoms with Gasteiger partial charge in [0.25, 0.3) is 10.1 Å². The topological polar surface area (TPSA) is 148 Å². The van der Waals surface area contributed by atoms with Crippen molar-refractivity contribution in [3.05, 3.63) is 72.8 Å². The van der Waals surface area contributed by atoms with Crippen molar-refractivity contribution in [2.24, 2.45) is 10.2 Å². The Bertz CT molecular complexity index is 1430. The maximum atomic E-state index is 13.2. The summed E-state index contributed by atoms with van der Waals surface area (Å²) in [4.78, 5) is -0.339. The number of azo groups is 1. The average Bonchev–Trinajstić information content (AvgIpc) is 2.73. The molecule has 0 heterocycles. The van der Waals surface area contributed by atoms with Crippen molar-refractivity contribution in [1.29, 1.82) is 0 Å². The Morgan fingerprint density at radius 3 is 1.82 bits per heavy atom. The van der Waals surface area contributed by atoms with Gasteiger partial charge in [0.2, 0.25) is 0 Å². The van der Waals surface area contributed by atoms with E-state index < -0.39 is 15.9 Å². The fourth-order valence-corrected chi connectivity index (χ4v) is 3.59. The first-order valence-corrected chi connectivity index (χ1v) is 10.4. The van der Waals surface area contributed by atoms with E-state index >= 15 is 0 Å². The molecule has 0 aliphatic carbocycles. The largest absolute Gasteiger partial charge is 1.00 e. The second kappa shape index (κ2) is 12.8. The number of hydrogen-bond acceptors (Lipinski definition) is 7. The Morgan fingerprint density at radius 2 is 1.26 bits per heavy atom. The summed E-state index contributed by atoms with van der Waals surface area (Å²) in [5.74, 6) is -0.905. The Kier molecular flexibility index (Phi) is 11.7. The van der Waals surface area contributed by atoms with Gasteiger partial charge in [-0.25, -0.2) is 0 Å². The number of rotatable bonds is 4. The zero-order valence-electron chi connectivity index (χ0n) is 18.7. The predicted octanol–water partition coefficient (Wildman–Crippen LogP) is -5.60. The fourth-order valence-electron chi connectivity index (χ4n) is 3.08. The quantitative estimate of drug-likeness (QED) is 0.167. The molecule has 4 aromatic carbocycles. The van der Waals surface area contributed by atoms with E-state index in [0.29, 0.717) is 22.0 Å². The molecular weight excluding hydrogens is 489 g/mol. The van der Waals surface area contributed by atoms with Gasteiger partial charge >= 0.3 is 88.7 Å². The van der Waals surface area contributed by atoms with Crippen molar-refractivity contribution in [2.45, 2.75) is 4.90 Å². The van der Waals surface area contributed by atoms with Crippen LogP contribution in [0.2, 0.25) is 0 Å². The van der Waals surface area contributed by atoms with Crippen LogP contribution in [0.1, 0.15) is 0 Å². The van der Waals surface area contributed by atoms with Gasteiger partial charge in [-0.15, -0.1) is 11.5 Å². The van der Waals surface area contributed by atoms with E-state index in [-0.39, 0.29) is 116 Å². The van der Waals surface area contributed by atoms with Crippen LogP contribution < -0.4 is 104 Å². The number of hydrogen-bond donors (Lipinski definition) is 1. The third kappa shape index (κ3) is 7.05. The Balaban J connectivity index is 0.00000193. The van der Waals surface area contributed by atoms with Crippen LogP contribution in [0.3, 0.4) is 0 Å². The van der Waals surface area contributed by atoms with Crippen molar-refractivity contribution in [3.8, 4) is 28.4 Å². The second-order valence-corrected chi connectivity index (χ2v) is 8.10. The van der Waals surface area contributed by atoms with Crippen molar-refractivity contribution >= 4 is 32.3 Å². The van der Waals surface area contributed by atoms with Gasteiger partial charge in [0.15, 0.2) is 0 Å². The average molecular weight is 502 g/mol. The summed E-state index contributed by atoms with van der Waals surface area (Å²) < 4.78 is 32.5. The molecule has 34 heavy (non-hydrogen) atoms. The van der Waals surface area contributed by atoms with E-state index in [1.165, 1.54) is 66.7 Å². The van der Waals surface area contributed by atoms with Crippen LogP contribution in [-0.4, -0.2) is 13.0 Å². The fraction of sp³-hybridized carbons (Fsp3) is 0. The van der Waals surface area contributed by atoms with Crippen LogP contribution in [0.25, 0.3) is 21.9 Å². The molecule has 0 fully saturated rings. The maximum Gasteiger partial charge on any atom is 1.00 e. The van der Waals surface area contributed by atoms with Gasteiger partial charge in [-0.2, -0.15) is 18.6 Å². The SMILES string of the molecule is O=S(=O)(O)c1ccc2c(N=Nc3ccc([O-])cc3)c([O-])c(-c3ccc([O-])cc3)cc2c1.[Na+].[Na+].[Na+]. The van der Waals surface area contributed by atoms with Crippen LogP contribution >= 0.6 is 0 Å². The minimum atomic E-state index is -4.46. The van der Waals surface area contributed by atoms with Crippen molar-refractivity contribution in [2.75, 3.05) is 0 Å². The van der Waals surface area contributed by atoms with Gasteiger partial charge in [0.1, 0.15) is 0 Å². The Morgan fingerprint density at radius 1 is 0.706 bits per heavy atom. The summed E-state index contributed by atoms with van der Waals surface area (Å²) in [6.07, 6.45) is 0. The van der Waals surface area contributed by atoms with Gasteiger partial charge in [-0.1, -0.05) is 48.2 Å². The first kappa shape index (κ1) is 31.1. The molecule has 0 bridgehead atoms. The smallest absolute Gasteiger partial charge is 0.872 e. The van der Waals surface area contributed by atoms with E-state index in [9.17, 15) is 28.3 Å².